The molecule has 1 saturated heterocycles. The van der Waals surface area contributed by atoms with E-state index in [2.05, 4.69) is 0 Å². The van der Waals surface area contributed by atoms with E-state index in [-0.39, 0.29) is 27.9 Å². The molecule has 152 valence electrons. The van der Waals surface area contributed by atoms with E-state index in [4.69, 9.17) is 9.47 Å². The van der Waals surface area contributed by atoms with Crippen molar-refractivity contribution < 1.29 is 27.7 Å². The molecule has 29 heavy (non-hydrogen) atoms. The van der Waals surface area contributed by atoms with Gasteiger partial charge in [-0.3, -0.25) is 9.59 Å². The first-order valence-electron chi connectivity index (χ1n) is 9.61. The molecule has 0 saturated carbocycles. The van der Waals surface area contributed by atoms with Gasteiger partial charge in [-0.05, 0) is 43.3 Å². The van der Waals surface area contributed by atoms with Crippen molar-refractivity contribution in [2.75, 3.05) is 13.2 Å². The van der Waals surface area contributed by atoms with Crippen LogP contribution in [0.15, 0.2) is 54.6 Å². The Kier molecular flexibility index (Phi) is 7.06. The maximum atomic E-state index is 12.6. The number of likely N-dealkylation sites (tertiary alicyclic amines) is 1. The molecular formula is C22H24NO5S+. The summed E-state index contributed by atoms with van der Waals surface area (Å²) in [6, 6.07) is 17.0. The average molecular weight is 415 g/mol. The van der Waals surface area contributed by atoms with E-state index in [9.17, 15) is 14.4 Å². The lowest BCUT2D eigenvalue weighted by atomic mass is 10.2. The van der Waals surface area contributed by atoms with E-state index < -0.39 is 5.97 Å². The SMILES string of the molecule is CCOC(=O)CC(=O)S[N+]1(Cc2ccc(Oc3ccccc3)cc2)CCCC1=O. The molecular weight excluding hydrogens is 390 g/mol. The monoisotopic (exact) mass is 414 g/mol. The zero-order valence-electron chi connectivity index (χ0n) is 16.3. The quantitative estimate of drug-likeness (QED) is 0.278. The van der Waals surface area contributed by atoms with Crippen LogP contribution < -0.4 is 4.74 Å². The standard InChI is InChI=1S/C22H24NO5S/c1-2-27-21(25)15-22(26)29-23(14-6-9-20(23)24)16-17-10-12-19(13-11-17)28-18-7-4-3-5-8-18/h3-5,7-8,10-13H,2,6,9,14-16H2,1H3/q+1. The van der Waals surface area contributed by atoms with Gasteiger partial charge in [0.2, 0.25) is 0 Å². The molecule has 2 aromatic carbocycles. The molecule has 1 unspecified atom stereocenters. The van der Waals surface area contributed by atoms with Crippen LogP contribution in [0.5, 0.6) is 11.5 Å². The Hall–Kier alpha value is -2.64. The molecule has 1 fully saturated rings. The summed E-state index contributed by atoms with van der Waals surface area (Å²) in [6.07, 6.45) is 0.845. The molecule has 6 nitrogen and oxygen atoms in total. The van der Waals surface area contributed by atoms with Crippen molar-refractivity contribution in [1.29, 1.82) is 0 Å². The van der Waals surface area contributed by atoms with Gasteiger partial charge in [0.25, 0.3) is 5.12 Å². The molecule has 0 spiro atoms. The Morgan fingerprint density at radius 1 is 1.03 bits per heavy atom. The second-order valence-corrected chi connectivity index (χ2v) is 8.11. The van der Waals surface area contributed by atoms with Gasteiger partial charge in [-0.1, -0.05) is 18.2 Å². The number of ether oxygens (including phenoxy) is 2. The van der Waals surface area contributed by atoms with Crippen molar-refractivity contribution in [2.24, 2.45) is 0 Å². The number of para-hydroxylation sites is 1. The largest absolute Gasteiger partial charge is 0.466 e. The van der Waals surface area contributed by atoms with Gasteiger partial charge in [0.05, 0.1) is 19.6 Å². The number of esters is 1. The van der Waals surface area contributed by atoms with Crippen LogP contribution in [-0.4, -0.2) is 34.0 Å². The minimum atomic E-state index is -0.558. The molecule has 3 rings (SSSR count). The predicted molar refractivity (Wildman–Crippen MR) is 110 cm³/mol. The van der Waals surface area contributed by atoms with E-state index in [1.807, 2.05) is 54.6 Å². The Bertz CT molecular complexity index is 869. The summed E-state index contributed by atoms with van der Waals surface area (Å²) in [5, 5.41) is -0.345. The molecule has 1 heterocycles. The van der Waals surface area contributed by atoms with Gasteiger partial charge < -0.3 is 9.47 Å². The number of hydrogen-bond donors (Lipinski definition) is 0. The van der Waals surface area contributed by atoms with Crippen LogP contribution in [0.3, 0.4) is 0 Å². The lowest BCUT2D eigenvalue weighted by molar-refractivity contribution is -0.720. The molecule has 0 N–H and O–H groups in total. The van der Waals surface area contributed by atoms with Crippen LogP contribution >= 0.6 is 11.9 Å². The highest BCUT2D eigenvalue weighted by atomic mass is 32.2. The van der Waals surface area contributed by atoms with E-state index in [0.717, 1.165) is 29.7 Å². The number of nitrogens with zero attached hydrogens (tertiary/aromatic N) is 1. The fourth-order valence-corrected chi connectivity index (χ4v) is 4.45. The maximum absolute atomic E-state index is 12.6. The third-order valence-corrected chi connectivity index (χ3v) is 5.79. The number of hydrogen-bond acceptors (Lipinski definition) is 6. The lowest BCUT2D eigenvalue weighted by Crippen LogP contribution is -2.42. The highest BCUT2D eigenvalue weighted by Gasteiger charge is 2.45. The van der Waals surface area contributed by atoms with Crippen LogP contribution in [0, 0.1) is 0 Å². The van der Waals surface area contributed by atoms with Crippen LogP contribution in [-0.2, 0) is 25.7 Å². The summed E-state index contributed by atoms with van der Waals surface area (Å²) in [5.41, 5.74) is 0.928. The van der Waals surface area contributed by atoms with Gasteiger partial charge in [0.15, 0.2) is 11.9 Å². The molecule has 0 radical (unpaired) electrons. The minimum Gasteiger partial charge on any atom is -0.466 e. The summed E-state index contributed by atoms with van der Waals surface area (Å²) in [5.74, 6) is 0.901. The molecule has 7 heteroatoms. The van der Waals surface area contributed by atoms with Gasteiger partial charge in [-0.2, -0.15) is 3.89 Å². The highest BCUT2D eigenvalue weighted by Crippen LogP contribution is 2.36. The van der Waals surface area contributed by atoms with Crippen molar-refractivity contribution in [3.8, 4) is 11.5 Å². The molecule has 1 amide bonds. The first kappa shape index (κ1) is 21.1. The van der Waals surface area contributed by atoms with Gasteiger partial charge in [-0.25, -0.2) is 4.79 Å². The Morgan fingerprint density at radius 2 is 1.72 bits per heavy atom. The van der Waals surface area contributed by atoms with Gasteiger partial charge in [0, 0.05) is 12.0 Å². The summed E-state index contributed by atoms with van der Waals surface area (Å²) >= 11 is 0.936. The number of amides is 1. The third-order valence-electron chi connectivity index (χ3n) is 4.58. The first-order chi connectivity index (χ1) is 14.0. The zero-order valence-corrected chi connectivity index (χ0v) is 17.2. The van der Waals surface area contributed by atoms with Gasteiger partial charge >= 0.3 is 11.9 Å². The molecule has 1 aliphatic rings. The van der Waals surface area contributed by atoms with Crippen LogP contribution in [0.2, 0.25) is 0 Å². The minimum absolute atomic E-state index is 0.0109. The normalized spacial score (nSPS) is 18.4. The van der Waals surface area contributed by atoms with Crippen molar-refractivity contribution >= 4 is 28.9 Å². The number of carbonyl (C=O) groups is 3. The van der Waals surface area contributed by atoms with Gasteiger partial charge in [0.1, 0.15) is 24.5 Å². The summed E-state index contributed by atoms with van der Waals surface area (Å²) in [7, 11) is 0. The topological polar surface area (TPSA) is 69.7 Å². The third kappa shape index (κ3) is 5.68. The number of quaternary nitrogens is 1. The second kappa shape index (κ2) is 9.71. The number of carbonyl (C=O) groups excluding carboxylic acids is 3. The fourth-order valence-electron chi connectivity index (χ4n) is 3.25. The van der Waals surface area contributed by atoms with Crippen LogP contribution in [0.25, 0.3) is 0 Å². The van der Waals surface area contributed by atoms with Gasteiger partial charge in [-0.15, -0.1) is 0 Å². The molecule has 0 aromatic heterocycles. The summed E-state index contributed by atoms with van der Waals surface area (Å²) in [6.45, 7) is 2.88. The lowest BCUT2D eigenvalue weighted by Gasteiger charge is -2.27. The average Bonchev–Trinajstić information content (AvgIpc) is 3.04. The molecule has 0 bridgehead atoms. The number of rotatable bonds is 8. The first-order valence-corrected chi connectivity index (χ1v) is 10.4. The van der Waals surface area contributed by atoms with Crippen LogP contribution in [0.1, 0.15) is 31.7 Å². The van der Waals surface area contributed by atoms with Crippen molar-refractivity contribution in [2.45, 2.75) is 32.7 Å². The van der Waals surface area contributed by atoms with Crippen molar-refractivity contribution in [3.63, 3.8) is 0 Å². The highest BCUT2D eigenvalue weighted by molar-refractivity contribution is 8.09. The molecule has 0 aliphatic carbocycles. The van der Waals surface area contributed by atoms with Crippen molar-refractivity contribution in [1.82, 2.24) is 0 Å². The molecule has 2 aromatic rings. The Labute approximate surface area is 174 Å². The maximum Gasteiger partial charge on any atom is 0.326 e. The zero-order chi connectivity index (χ0) is 20.7. The van der Waals surface area contributed by atoms with E-state index in [1.165, 1.54) is 0 Å². The summed E-state index contributed by atoms with van der Waals surface area (Å²) < 4.78 is 10.6. The Morgan fingerprint density at radius 3 is 2.34 bits per heavy atom. The van der Waals surface area contributed by atoms with Crippen molar-refractivity contribution in [3.05, 3.63) is 60.2 Å². The van der Waals surface area contributed by atoms with E-state index >= 15 is 0 Å². The second-order valence-electron chi connectivity index (χ2n) is 6.77. The Balaban J connectivity index is 1.68. The van der Waals surface area contributed by atoms with E-state index in [1.54, 1.807) is 6.92 Å². The molecule has 1 atom stereocenters. The fraction of sp³-hybridized carbons (Fsp3) is 0.318. The molecule has 1 aliphatic heterocycles. The smallest absolute Gasteiger partial charge is 0.326 e. The summed E-state index contributed by atoms with van der Waals surface area (Å²) in [4.78, 5) is 36.6. The predicted octanol–water partition coefficient (Wildman–Crippen LogP) is 4.24. The number of benzene rings is 2. The van der Waals surface area contributed by atoms with Crippen LogP contribution in [0.4, 0.5) is 0 Å². The van der Waals surface area contributed by atoms with E-state index in [0.29, 0.717) is 25.3 Å².